The van der Waals surface area contributed by atoms with Crippen molar-refractivity contribution in [2.75, 3.05) is 0 Å². The van der Waals surface area contributed by atoms with Crippen molar-refractivity contribution in [1.29, 1.82) is 0 Å². The molecule has 0 aliphatic heterocycles. The third kappa shape index (κ3) is 3.34. The number of carboxylic acids is 1. The van der Waals surface area contributed by atoms with E-state index in [0.29, 0.717) is 5.92 Å². The molecule has 2 N–H and O–H groups in total. The lowest BCUT2D eigenvalue weighted by atomic mass is 10.0. The van der Waals surface area contributed by atoms with E-state index in [1.807, 2.05) is 6.92 Å². The smallest absolute Gasteiger partial charge is 0.337 e. The van der Waals surface area contributed by atoms with Crippen LogP contribution in [0.4, 0.5) is 0 Å². The second-order valence-corrected chi connectivity index (χ2v) is 6.81. The van der Waals surface area contributed by atoms with E-state index >= 15 is 0 Å². The summed E-state index contributed by atoms with van der Waals surface area (Å²) in [4.78, 5) is 14.4. The average Bonchev–Trinajstić information content (AvgIpc) is 2.92. The molecule has 0 spiro atoms. The Morgan fingerprint density at radius 2 is 2.05 bits per heavy atom. The summed E-state index contributed by atoms with van der Waals surface area (Å²) >= 11 is 0. The number of carboxylic acid groups (broad SMARTS) is 1. The number of aromatic nitrogens is 1. The Labute approximate surface area is 118 Å². The Morgan fingerprint density at radius 3 is 2.55 bits per heavy atom. The molecule has 7 heteroatoms. The van der Waals surface area contributed by atoms with Gasteiger partial charge in [0, 0.05) is 12.2 Å². The summed E-state index contributed by atoms with van der Waals surface area (Å²) in [5.41, 5.74) is -0.0345. The van der Waals surface area contributed by atoms with Crippen LogP contribution in [-0.4, -0.2) is 30.5 Å². The monoisotopic (exact) mass is 298 g/mol. The fraction of sp³-hybridized carbons (Fsp3) is 0.538. The summed E-state index contributed by atoms with van der Waals surface area (Å²) in [5.74, 6) is -0.767. The van der Waals surface area contributed by atoms with E-state index in [1.54, 1.807) is 0 Å². The highest BCUT2D eigenvalue weighted by molar-refractivity contribution is 7.89. The van der Waals surface area contributed by atoms with E-state index in [4.69, 9.17) is 5.11 Å². The van der Waals surface area contributed by atoms with Crippen molar-refractivity contribution in [3.05, 3.63) is 23.9 Å². The highest BCUT2D eigenvalue weighted by Gasteiger charge is 2.26. The minimum atomic E-state index is -3.69. The summed E-state index contributed by atoms with van der Waals surface area (Å²) in [6.45, 7) is 1.86. The predicted octanol–water partition coefficient (Wildman–Crippen LogP) is 1.64. The molecule has 0 bridgehead atoms. The van der Waals surface area contributed by atoms with Crippen LogP contribution in [0.15, 0.2) is 23.4 Å². The molecule has 1 aliphatic carbocycles. The largest absolute Gasteiger partial charge is 0.478 e. The Hall–Kier alpha value is -1.47. The summed E-state index contributed by atoms with van der Waals surface area (Å²) < 4.78 is 26.9. The molecule has 1 aliphatic rings. The summed E-state index contributed by atoms with van der Waals surface area (Å²) in [5, 5.41) is 8.62. The number of pyridine rings is 1. The van der Waals surface area contributed by atoms with Crippen LogP contribution in [0.2, 0.25) is 0 Å². The third-order valence-electron chi connectivity index (χ3n) is 3.71. The normalized spacial score (nSPS) is 18.1. The van der Waals surface area contributed by atoms with Crippen LogP contribution >= 0.6 is 0 Å². The second-order valence-electron chi connectivity index (χ2n) is 5.14. The number of sulfonamides is 1. The van der Waals surface area contributed by atoms with Gasteiger partial charge in [-0.25, -0.2) is 22.9 Å². The zero-order chi connectivity index (χ0) is 14.8. The molecule has 0 unspecified atom stereocenters. The first kappa shape index (κ1) is 14.9. The van der Waals surface area contributed by atoms with Crippen molar-refractivity contribution in [3.8, 4) is 0 Å². The van der Waals surface area contributed by atoms with Crippen LogP contribution in [0.5, 0.6) is 0 Å². The Balaban J connectivity index is 2.11. The van der Waals surface area contributed by atoms with Crippen LogP contribution in [0.3, 0.4) is 0 Å². The second kappa shape index (κ2) is 5.88. The highest BCUT2D eigenvalue weighted by Crippen LogP contribution is 2.28. The molecule has 1 aromatic rings. The van der Waals surface area contributed by atoms with Gasteiger partial charge < -0.3 is 5.11 Å². The molecular weight excluding hydrogens is 280 g/mol. The first-order valence-corrected chi connectivity index (χ1v) is 8.10. The molecule has 6 nitrogen and oxygen atoms in total. The van der Waals surface area contributed by atoms with E-state index in [-0.39, 0.29) is 16.6 Å². The van der Waals surface area contributed by atoms with Crippen LogP contribution in [-0.2, 0) is 10.0 Å². The SMILES string of the molecule is C[C@@H](NS(=O)(=O)c1ccc(C(=O)O)cn1)C1CCCC1. The first-order chi connectivity index (χ1) is 9.40. The van der Waals surface area contributed by atoms with Crippen molar-refractivity contribution in [3.63, 3.8) is 0 Å². The van der Waals surface area contributed by atoms with Gasteiger partial charge in [-0.1, -0.05) is 12.8 Å². The molecule has 0 saturated heterocycles. The molecule has 20 heavy (non-hydrogen) atoms. The number of carbonyl (C=O) groups is 1. The third-order valence-corrected chi connectivity index (χ3v) is 5.18. The molecule has 1 atom stereocenters. The number of hydrogen-bond acceptors (Lipinski definition) is 4. The Kier molecular flexibility index (Phi) is 4.39. The average molecular weight is 298 g/mol. The molecule has 1 fully saturated rings. The zero-order valence-corrected chi connectivity index (χ0v) is 12.1. The molecule has 2 rings (SSSR count). The van der Waals surface area contributed by atoms with Crippen molar-refractivity contribution in [2.24, 2.45) is 5.92 Å². The summed E-state index contributed by atoms with van der Waals surface area (Å²) in [6.07, 6.45) is 5.41. The molecule has 110 valence electrons. The van der Waals surface area contributed by atoms with E-state index in [2.05, 4.69) is 9.71 Å². The number of aromatic carboxylic acids is 1. The van der Waals surface area contributed by atoms with Gasteiger partial charge in [0.2, 0.25) is 0 Å². The maximum Gasteiger partial charge on any atom is 0.337 e. The standard InChI is InChI=1S/C13H18N2O4S/c1-9(10-4-2-3-5-10)15-20(18,19)12-7-6-11(8-14-12)13(16)17/h6-10,15H,2-5H2,1H3,(H,16,17)/t9-/m1/s1. The molecule has 0 amide bonds. The topological polar surface area (TPSA) is 96.4 Å². The lowest BCUT2D eigenvalue weighted by Crippen LogP contribution is -2.37. The minimum Gasteiger partial charge on any atom is -0.478 e. The van der Waals surface area contributed by atoms with Crippen LogP contribution in [0, 0.1) is 5.92 Å². The van der Waals surface area contributed by atoms with Gasteiger partial charge in [0.15, 0.2) is 5.03 Å². The Morgan fingerprint density at radius 1 is 1.40 bits per heavy atom. The number of nitrogens with zero attached hydrogens (tertiary/aromatic N) is 1. The summed E-state index contributed by atoms with van der Waals surface area (Å²) in [6, 6.07) is 2.32. The minimum absolute atomic E-state index is 0.0345. The van der Waals surface area contributed by atoms with E-state index in [9.17, 15) is 13.2 Å². The fourth-order valence-corrected chi connectivity index (χ4v) is 3.77. The molecule has 1 heterocycles. The molecule has 1 saturated carbocycles. The molecule has 0 radical (unpaired) electrons. The van der Waals surface area contributed by atoms with Crippen molar-refractivity contribution >= 4 is 16.0 Å². The quantitative estimate of drug-likeness (QED) is 0.861. The molecule has 0 aromatic carbocycles. The number of rotatable bonds is 5. The maximum atomic E-state index is 12.2. The Bertz CT molecular complexity index is 577. The van der Waals surface area contributed by atoms with Crippen molar-refractivity contribution in [1.82, 2.24) is 9.71 Å². The van der Waals surface area contributed by atoms with Gasteiger partial charge in [0.05, 0.1) is 5.56 Å². The van der Waals surface area contributed by atoms with Gasteiger partial charge in [0.1, 0.15) is 0 Å². The molecule has 1 aromatic heterocycles. The van der Waals surface area contributed by atoms with Crippen LogP contribution in [0.25, 0.3) is 0 Å². The lowest BCUT2D eigenvalue weighted by molar-refractivity contribution is 0.0696. The van der Waals surface area contributed by atoms with Gasteiger partial charge in [-0.2, -0.15) is 0 Å². The van der Waals surface area contributed by atoms with Gasteiger partial charge in [0.25, 0.3) is 10.0 Å². The predicted molar refractivity (Wildman–Crippen MR) is 72.9 cm³/mol. The zero-order valence-electron chi connectivity index (χ0n) is 11.2. The summed E-state index contributed by atoms with van der Waals surface area (Å²) in [7, 11) is -3.69. The first-order valence-electron chi connectivity index (χ1n) is 6.62. The van der Waals surface area contributed by atoms with Gasteiger partial charge in [-0.05, 0) is 37.8 Å². The van der Waals surface area contributed by atoms with E-state index in [1.165, 1.54) is 12.1 Å². The van der Waals surface area contributed by atoms with Crippen LogP contribution < -0.4 is 4.72 Å². The van der Waals surface area contributed by atoms with E-state index < -0.39 is 16.0 Å². The lowest BCUT2D eigenvalue weighted by Gasteiger charge is -2.19. The highest BCUT2D eigenvalue weighted by atomic mass is 32.2. The van der Waals surface area contributed by atoms with Gasteiger partial charge >= 0.3 is 5.97 Å². The number of hydrogen-bond donors (Lipinski definition) is 2. The number of nitrogens with one attached hydrogen (secondary N) is 1. The van der Waals surface area contributed by atoms with Gasteiger partial charge in [-0.3, -0.25) is 0 Å². The maximum absolute atomic E-state index is 12.2. The van der Waals surface area contributed by atoms with Crippen molar-refractivity contribution in [2.45, 2.75) is 43.7 Å². The fourth-order valence-electron chi connectivity index (χ4n) is 2.52. The van der Waals surface area contributed by atoms with Crippen molar-refractivity contribution < 1.29 is 18.3 Å². The van der Waals surface area contributed by atoms with Gasteiger partial charge in [-0.15, -0.1) is 0 Å². The van der Waals surface area contributed by atoms with Crippen LogP contribution in [0.1, 0.15) is 43.0 Å². The van der Waals surface area contributed by atoms with E-state index in [0.717, 1.165) is 31.9 Å². The molecular formula is C13H18N2O4S.